The second kappa shape index (κ2) is 16.5. The van der Waals surface area contributed by atoms with Gasteiger partial charge in [0.05, 0.1) is 23.9 Å². The average Bonchev–Trinajstić information content (AvgIpc) is 3.67. The molecule has 50 heavy (non-hydrogen) atoms. The highest BCUT2D eigenvalue weighted by atomic mass is 16.3. The number of hydrogen-bond acceptors (Lipinski definition) is 6. The third-order valence-electron chi connectivity index (χ3n) is 9.18. The number of aliphatic hydroxyl groups is 2. The molecule has 2 amide bonds. The van der Waals surface area contributed by atoms with Gasteiger partial charge in [0.1, 0.15) is 0 Å². The number of nitrogens with one attached hydrogen (secondary N) is 1. The van der Waals surface area contributed by atoms with Crippen molar-refractivity contribution >= 4 is 23.2 Å². The molecule has 1 unspecified atom stereocenters. The molecule has 5 rings (SSSR count). The van der Waals surface area contributed by atoms with Gasteiger partial charge in [0.2, 0.25) is 0 Å². The lowest BCUT2D eigenvalue weighted by atomic mass is 9.82. The largest absolute Gasteiger partial charge is 0.395 e. The Balaban J connectivity index is 1.33. The summed E-state index contributed by atoms with van der Waals surface area (Å²) in [6.45, 7) is 8.83. The first kappa shape index (κ1) is 36.2. The first-order valence-electron chi connectivity index (χ1n) is 17.2. The van der Waals surface area contributed by atoms with Gasteiger partial charge in [-0.1, -0.05) is 96.1 Å². The van der Waals surface area contributed by atoms with Crippen molar-refractivity contribution in [3.63, 3.8) is 0 Å². The summed E-state index contributed by atoms with van der Waals surface area (Å²) in [6, 6.07) is 23.9. The first-order valence-corrected chi connectivity index (χ1v) is 17.2. The van der Waals surface area contributed by atoms with E-state index in [2.05, 4.69) is 42.5 Å². The van der Waals surface area contributed by atoms with E-state index >= 15 is 0 Å². The van der Waals surface area contributed by atoms with Crippen LogP contribution in [0.3, 0.4) is 0 Å². The maximum atomic E-state index is 14.1. The Kier molecular flexibility index (Phi) is 12.0. The molecule has 0 radical (unpaired) electrons. The lowest BCUT2D eigenvalue weighted by Gasteiger charge is -2.27. The van der Waals surface area contributed by atoms with Crippen LogP contribution in [0.25, 0.3) is 0 Å². The number of amides is 2. The highest BCUT2D eigenvalue weighted by Gasteiger charge is 2.52. The number of rotatable bonds is 15. The van der Waals surface area contributed by atoms with Crippen LogP contribution in [0.15, 0.2) is 121 Å². The number of aliphatic hydroxyl groups excluding tert-OH is 1. The van der Waals surface area contributed by atoms with Crippen LogP contribution in [-0.2, 0) is 16.9 Å². The van der Waals surface area contributed by atoms with Crippen LogP contribution >= 0.6 is 0 Å². The molecular formula is C41H47N5O4. The second-order valence-electron chi connectivity index (χ2n) is 13.2. The lowest BCUT2D eigenvalue weighted by Crippen LogP contribution is -2.44. The fourth-order valence-corrected chi connectivity index (χ4v) is 6.22. The Morgan fingerprint density at radius 1 is 0.980 bits per heavy atom. The van der Waals surface area contributed by atoms with Crippen molar-refractivity contribution in [1.29, 1.82) is 0 Å². The van der Waals surface area contributed by atoms with E-state index in [0.29, 0.717) is 47.7 Å². The van der Waals surface area contributed by atoms with E-state index in [0.717, 1.165) is 24.0 Å². The molecule has 9 nitrogen and oxygen atoms in total. The van der Waals surface area contributed by atoms with Gasteiger partial charge in [-0.2, -0.15) is 0 Å². The molecule has 3 N–H and O–H groups in total. The van der Waals surface area contributed by atoms with Crippen LogP contribution in [-0.4, -0.2) is 50.2 Å². The van der Waals surface area contributed by atoms with Crippen molar-refractivity contribution in [1.82, 2.24) is 15.0 Å². The van der Waals surface area contributed by atoms with Crippen LogP contribution < -0.4 is 10.2 Å². The van der Waals surface area contributed by atoms with Crippen molar-refractivity contribution in [2.45, 2.75) is 65.0 Å². The summed E-state index contributed by atoms with van der Waals surface area (Å²) in [5.74, 6) is -1.51. The van der Waals surface area contributed by atoms with Crippen LogP contribution in [0.1, 0.15) is 80.1 Å². The normalized spacial score (nSPS) is 17.1. The van der Waals surface area contributed by atoms with Crippen molar-refractivity contribution in [3.8, 4) is 0 Å². The van der Waals surface area contributed by atoms with Gasteiger partial charge in [-0.05, 0) is 75.9 Å². The average molecular weight is 674 g/mol. The van der Waals surface area contributed by atoms with Gasteiger partial charge in [0.25, 0.3) is 11.8 Å². The van der Waals surface area contributed by atoms with Crippen LogP contribution in [0.4, 0.5) is 11.4 Å². The molecule has 0 spiro atoms. The maximum Gasteiger partial charge on any atom is 0.264 e. The van der Waals surface area contributed by atoms with Crippen molar-refractivity contribution in [2.75, 3.05) is 23.4 Å². The Hall–Kier alpha value is -5.12. The molecule has 1 aromatic heterocycles. The molecule has 3 aromatic carbocycles. The molecule has 3 atom stereocenters. The number of carbonyl (C=O) groups is 2. The predicted molar refractivity (Wildman–Crippen MR) is 198 cm³/mol. The van der Waals surface area contributed by atoms with Gasteiger partial charge in [0.15, 0.2) is 5.60 Å². The van der Waals surface area contributed by atoms with Crippen molar-refractivity contribution in [3.05, 3.63) is 143 Å². The van der Waals surface area contributed by atoms with E-state index in [1.54, 1.807) is 52.0 Å². The van der Waals surface area contributed by atoms with Crippen molar-refractivity contribution < 1.29 is 19.8 Å². The van der Waals surface area contributed by atoms with Gasteiger partial charge in [-0.15, -0.1) is 5.10 Å². The number of benzene rings is 3. The molecule has 2 heterocycles. The quantitative estimate of drug-likeness (QED) is 0.115. The van der Waals surface area contributed by atoms with Gasteiger partial charge >= 0.3 is 0 Å². The predicted octanol–water partition coefficient (Wildman–Crippen LogP) is 7.16. The molecule has 9 heteroatoms. The number of hydrogen-bond donors (Lipinski definition) is 3. The minimum Gasteiger partial charge on any atom is -0.395 e. The Labute approximate surface area is 294 Å². The van der Waals surface area contributed by atoms with Crippen molar-refractivity contribution in [2.24, 2.45) is 5.92 Å². The Bertz CT molecular complexity index is 1860. The number of anilines is 2. The number of allylic oxidation sites excluding steroid dienone is 4. The number of nitrogens with zero attached hydrogens (tertiary/aromatic N) is 4. The zero-order chi connectivity index (χ0) is 35.7. The Morgan fingerprint density at radius 2 is 1.70 bits per heavy atom. The smallest absolute Gasteiger partial charge is 0.264 e. The van der Waals surface area contributed by atoms with E-state index in [9.17, 15) is 19.8 Å². The molecule has 0 saturated carbocycles. The van der Waals surface area contributed by atoms with Crippen LogP contribution in [0.5, 0.6) is 0 Å². The van der Waals surface area contributed by atoms with E-state index in [1.807, 2.05) is 67.7 Å². The number of fused-ring (bicyclic) bond motifs is 1. The fraction of sp³-hybridized carbons (Fsp3) is 0.317. The fourth-order valence-electron chi connectivity index (χ4n) is 6.22. The van der Waals surface area contributed by atoms with Gasteiger partial charge < -0.3 is 20.4 Å². The molecule has 4 aromatic rings. The summed E-state index contributed by atoms with van der Waals surface area (Å²) in [4.78, 5) is 28.7. The molecule has 260 valence electrons. The zero-order valence-corrected chi connectivity index (χ0v) is 29.3. The standard InChI is InChI=1S/C41H47N5O4/c1-29(2)14-13-15-30(3)23-25-46-38-22-21-34(42-39(48)33-19-9-6-10-20-33)26-36(38)41(50,40(46)49)31(4)16-11-12-24-45-27-37(43-44-45)35(28-47)32-17-7-5-8-18-32/h5-11,14,16-23,26-27,31,35,47,50H,12-13,15,24-25,28H2,1-4H3,(H,42,48)/b16-11+,30-23+/t31-,35?,41+/m1/s1. The van der Waals surface area contributed by atoms with E-state index in [-0.39, 0.29) is 18.4 Å². The molecular weight excluding hydrogens is 626 g/mol. The number of aryl methyl sites for hydroxylation is 1. The topological polar surface area (TPSA) is 121 Å². The summed E-state index contributed by atoms with van der Waals surface area (Å²) in [5.41, 5.74) is 4.34. The zero-order valence-electron chi connectivity index (χ0n) is 29.3. The first-order chi connectivity index (χ1) is 24.1. The minimum atomic E-state index is -1.84. The van der Waals surface area contributed by atoms with E-state index in [1.165, 1.54) is 5.57 Å². The summed E-state index contributed by atoms with van der Waals surface area (Å²) < 4.78 is 1.73. The SMILES string of the molecule is CC(C)=CCC/C(C)=C/CN1C(=O)[C@](O)([C@H](C)/C=C/CCn2cc(C(CO)c3ccccc3)nn2)c2cc(NC(=O)c3ccccc3)ccc21. The monoisotopic (exact) mass is 673 g/mol. The number of carbonyl (C=O) groups excluding carboxylic acids is 2. The highest BCUT2D eigenvalue weighted by molar-refractivity contribution is 6.09. The van der Waals surface area contributed by atoms with Crippen LogP contribution in [0, 0.1) is 5.92 Å². The van der Waals surface area contributed by atoms with Crippen LogP contribution in [0.2, 0.25) is 0 Å². The summed E-state index contributed by atoms with van der Waals surface area (Å²) in [7, 11) is 0. The molecule has 0 aliphatic carbocycles. The van der Waals surface area contributed by atoms with Gasteiger partial charge in [0, 0.05) is 42.0 Å². The summed E-state index contributed by atoms with van der Waals surface area (Å²) in [6.07, 6.45) is 12.3. The molecule has 0 bridgehead atoms. The lowest BCUT2D eigenvalue weighted by molar-refractivity contribution is -0.139. The third kappa shape index (κ3) is 8.35. The van der Waals surface area contributed by atoms with Gasteiger partial charge in [-0.25, -0.2) is 0 Å². The summed E-state index contributed by atoms with van der Waals surface area (Å²) >= 11 is 0. The minimum absolute atomic E-state index is 0.0753. The third-order valence-corrected chi connectivity index (χ3v) is 9.18. The molecule has 0 saturated heterocycles. The maximum absolute atomic E-state index is 14.1. The van der Waals surface area contributed by atoms with Gasteiger partial charge in [-0.3, -0.25) is 14.3 Å². The van der Waals surface area contributed by atoms with E-state index < -0.39 is 17.4 Å². The Morgan fingerprint density at radius 3 is 2.40 bits per heavy atom. The molecule has 1 aliphatic rings. The molecule has 1 aliphatic heterocycles. The second-order valence-corrected chi connectivity index (χ2v) is 13.2. The van der Waals surface area contributed by atoms with E-state index in [4.69, 9.17) is 0 Å². The molecule has 0 fully saturated rings. The highest BCUT2D eigenvalue weighted by Crippen LogP contribution is 2.46. The number of aromatic nitrogens is 3. The summed E-state index contributed by atoms with van der Waals surface area (Å²) in [5, 5.41) is 33.8.